The van der Waals surface area contributed by atoms with Gasteiger partial charge in [0.05, 0.1) is 0 Å². The van der Waals surface area contributed by atoms with Crippen LogP contribution in [0.25, 0.3) is 5.69 Å². The first-order valence-corrected chi connectivity index (χ1v) is 8.83. The van der Waals surface area contributed by atoms with Gasteiger partial charge in [0, 0.05) is 49.4 Å². The van der Waals surface area contributed by atoms with Crippen molar-refractivity contribution in [3.05, 3.63) is 48.8 Å². The van der Waals surface area contributed by atoms with Gasteiger partial charge in [-0.25, -0.2) is 4.79 Å². The van der Waals surface area contributed by atoms with Crippen molar-refractivity contribution in [2.75, 3.05) is 31.5 Å². The standard InChI is InChI=1S/C19H24N4O/c24-19(23-13-12-22-9-2-1-7-18(22)15-23)20-16-6-5-8-17(14-16)21-10-3-4-11-21/h3-6,8,10-11,14,18H,1-2,7,9,12-13,15H2,(H,20,24). The molecule has 24 heavy (non-hydrogen) atoms. The molecular weight excluding hydrogens is 300 g/mol. The van der Waals surface area contributed by atoms with Gasteiger partial charge >= 0.3 is 6.03 Å². The number of aromatic nitrogens is 1. The van der Waals surface area contributed by atoms with Crippen molar-refractivity contribution in [2.24, 2.45) is 0 Å². The molecule has 0 spiro atoms. The molecule has 0 aliphatic carbocycles. The van der Waals surface area contributed by atoms with Crippen LogP contribution in [0.5, 0.6) is 0 Å². The Bertz CT molecular complexity index is 697. The molecule has 0 radical (unpaired) electrons. The van der Waals surface area contributed by atoms with E-state index in [1.807, 2.05) is 58.3 Å². The van der Waals surface area contributed by atoms with Gasteiger partial charge in [-0.15, -0.1) is 0 Å². The highest BCUT2D eigenvalue weighted by Crippen LogP contribution is 2.22. The van der Waals surface area contributed by atoms with Crippen LogP contribution in [0.4, 0.5) is 10.5 Å². The molecule has 1 N–H and O–H groups in total. The van der Waals surface area contributed by atoms with Crippen LogP contribution in [0, 0.1) is 0 Å². The third-order valence-electron chi connectivity index (χ3n) is 5.12. The van der Waals surface area contributed by atoms with Crippen LogP contribution in [0.15, 0.2) is 48.8 Å². The largest absolute Gasteiger partial charge is 0.324 e. The van der Waals surface area contributed by atoms with Gasteiger partial charge in [-0.05, 0) is 49.7 Å². The van der Waals surface area contributed by atoms with E-state index in [2.05, 4.69) is 10.2 Å². The van der Waals surface area contributed by atoms with Gasteiger partial charge in [0.2, 0.25) is 0 Å². The normalized spacial score (nSPS) is 21.3. The lowest BCUT2D eigenvalue weighted by molar-refractivity contribution is 0.0678. The lowest BCUT2D eigenvalue weighted by atomic mass is 10.00. The summed E-state index contributed by atoms with van der Waals surface area (Å²) in [6.45, 7) is 3.86. The van der Waals surface area contributed by atoms with Crippen LogP contribution in [-0.4, -0.2) is 52.6 Å². The van der Waals surface area contributed by atoms with Crippen LogP contribution in [0.1, 0.15) is 19.3 Å². The number of amides is 2. The lowest BCUT2D eigenvalue weighted by Crippen LogP contribution is -2.56. The van der Waals surface area contributed by atoms with E-state index in [1.165, 1.54) is 25.8 Å². The number of hydrogen-bond donors (Lipinski definition) is 1. The maximum Gasteiger partial charge on any atom is 0.321 e. The quantitative estimate of drug-likeness (QED) is 0.922. The summed E-state index contributed by atoms with van der Waals surface area (Å²) in [5.74, 6) is 0. The van der Waals surface area contributed by atoms with Gasteiger partial charge in [-0.3, -0.25) is 4.90 Å². The zero-order valence-electron chi connectivity index (χ0n) is 13.9. The van der Waals surface area contributed by atoms with Crippen LogP contribution in [-0.2, 0) is 0 Å². The molecule has 0 saturated carbocycles. The van der Waals surface area contributed by atoms with Gasteiger partial charge < -0.3 is 14.8 Å². The molecule has 5 heteroatoms. The second-order valence-electron chi connectivity index (χ2n) is 6.70. The SMILES string of the molecule is O=C(Nc1cccc(-n2cccc2)c1)N1CCN2CCCCC2C1. The predicted molar refractivity (Wildman–Crippen MR) is 95.6 cm³/mol. The minimum Gasteiger partial charge on any atom is -0.324 e. The molecule has 2 saturated heterocycles. The van der Waals surface area contributed by atoms with Crippen molar-refractivity contribution in [3.8, 4) is 5.69 Å². The van der Waals surface area contributed by atoms with Crippen LogP contribution < -0.4 is 5.32 Å². The lowest BCUT2D eigenvalue weighted by Gasteiger charge is -2.43. The van der Waals surface area contributed by atoms with E-state index in [0.29, 0.717) is 6.04 Å². The number of nitrogens with zero attached hydrogens (tertiary/aromatic N) is 3. The van der Waals surface area contributed by atoms with E-state index in [0.717, 1.165) is 31.0 Å². The maximum atomic E-state index is 12.6. The highest BCUT2D eigenvalue weighted by molar-refractivity contribution is 5.89. The van der Waals surface area contributed by atoms with E-state index < -0.39 is 0 Å². The van der Waals surface area contributed by atoms with Crippen molar-refractivity contribution in [3.63, 3.8) is 0 Å². The molecule has 2 aromatic rings. The Balaban J connectivity index is 1.42. The number of rotatable bonds is 2. The number of piperidine rings is 1. The topological polar surface area (TPSA) is 40.5 Å². The molecule has 126 valence electrons. The number of piperazine rings is 1. The Morgan fingerprint density at radius 1 is 1.04 bits per heavy atom. The summed E-state index contributed by atoms with van der Waals surface area (Å²) in [4.78, 5) is 17.1. The fourth-order valence-corrected chi connectivity index (χ4v) is 3.79. The maximum absolute atomic E-state index is 12.6. The fraction of sp³-hybridized carbons (Fsp3) is 0.421. The van der Waals surface area contributed by atoms with E-state index >= 15 is 0 Å². The zero-order valence-corrected chi connectivity index (χ0v) is 13.9. The Morgan fingerprint density at radius 2 is 1.92 bits per heavy atom. The number of hydrogen-bond acceptors (Lipinski definition) is 2. The molecular formula is C19H24N4O. The minimum absolute atomic E-state index is 0.0184. The van der Waals surface area contributed by atoms with Gasteiger partial charge in [0.1, 0.15) is 0 Å². The van der Waals surface area contributed by atoms with Crippen LogP contribution in [0.2, 0.25) is 0 Å². The number of nitrogens with one attached hydrogen (secondary N) is 1. The Morgan fingerprint density at radius 3 is 2.79 bits per heavy atom. The molecule has 2 aliphatic heterocycles. The van der Waals surface area contributed by atoms with E-state index in [-0.39, 0.29) is 6.03 Å². The molecule has 0 bridgehead atoms. The van der Waals surface area contributed by atoms with E-state index in [4.69, 9.17) is 0 Å². The third-order valence-corrected chi connectivity index (χ3v) is 5.12. The molecule has 3 heterocycles. The Hall–Kier alpha value is -2.27. The van der Waals surface area contributed by atoms with Crippen molar-refractivity contribution >= 4 is 11.7 Å². The van der Waals surface area contributed by atoms with Gasteiger partial charge in [-0.2, -0.15) is 0 Å². The summed E-state index contributed by atoms with van der Waals surface area (Å²) >= 11 is 0. The van der Waals surface area contributed by atoms with Gasteiger partial charge in [0.15, 0.2) is 0 Å². The summed E-state index contributed by atoms with van der Waals surface area (Å²) in [5.41, 5.74) is 1.90. The first-order chi connectivity index (χ1) is 11.8. The van der Waals surface area contributed by atoms with Crippen LogP contribution >= 0.6 is 0 Å². The number of carbonyl (C=O) groups excluding carboxylic acids is 1. The van der Waals surface area contributed by atoms with Gasteiger partial charge in [-0.1, -0.05) is 12.5 Å². The highest BCUT2D eigenvalue weighted by Gasteiger charge is 2.30. The summed E-state index contributed by atoms with van der Waals surface area (Å²) < 4.78 is 2.04. The van der Waals surface area contributed by atoms with Crippen molar-refractivity contribution in [1.29, 1.82) is 0 Å². The smallest absolute Gasteiger partial charge is 0.321 e. The van der Waals surface area contributed by atoms with E-state index in [1.54, 1.807) is 0 Å². The van der Waals surface area contributed by atoms with Gasteiger partial charge in [0.25, 0.3) is 0 Å². The number of fused-ring (bicyclic) bond motifs is 1. The first kappa shape index (κ1) is 15.3. The number of benzene rings is 1. The monoisotopic (exact) mass is 324 g/mol. The fourth-order valence-electron chi connectivity index (χ4n) is 3.79. The molecule has 2 aliphatic rings. The number of anilines is 1. The van der Waals surface area contributed by atoms with Crippen molar-refractivity contribution in [2.45, 2.75) is 25.3 Å². The Labute approximate surface area is 142 Å². The molecule has 5 nitrogen and oxygen atoms in total. The Kier molecular flexibility index (Phi) is 4.26. The summed E-state index contributed by atoms with van der Waals surface area (Å²) in [5, 5.41) is 3.06. The third kappa shape index (κ3) is 3.17. The molecule has 4 rings (SSSR count). The predicted octanol–water partition coefficient (Wildman–Crippen LogP) is 3.18. The number of urea groups is 1. The van der Waals surface area contributed by atoms with E-state index in [9.17, 15) is 4.79 Å². The average Bonchev–Trinajstić information content (AvgIpc) is 3.16. The van der Waals surface area contributed by atoms with Crippen molar-refractivity contribution in [1.82, 2.24) is 14.4 Å². The molecule has 2 fully saturated rings. The summed E-state index contributed by atoms with van der Waals surface area (Å²) in [7, 11) is 0. The second kappa shape index (κ2) is 6.69. The first-order valence-electron chi connectivity index (χ1n) is 8.83. The summed E-state index contributed by atoms with van der Waals surface area (Å²) in [6, 6.07) is 12.5. The molecule has 1 unspecified atom stereocenters. The van der Waals surface area contributed by atoms with Crippen molar-refractivity contribution < 1.29 is 4.79 Å². The molecule has 2 amide bonds. The summed E-state index contributed by atoms with van der Waals surface area (Å²) in [6.07, 6.45) is 7.81. The highest BCUT2D eigenvalue weighted by atomic mass is 16.2. The molecule has 1 aromatic heterocycles. The zero-order chi connectivity index (χ0) is 16.4. The average molecular weight is 324 g/mol. The molecule has 1 atom stereocenters. The number of carbonyl (C=O) groups is 1. The molecule has 1 aromatic carbocycles. The minimum atomic E-state index is 0.0184. The second-order valence-corrected chi connectivity index (χ2v) is 6.70. The van der Waals surface area contributed by atoms with Crippen LogP contribution in [0.3, 0.4) is 0 Å².